The third-order valence-corrected chi connectivity index (χ3v) is 3.37. The molecular formula is C12H14N2OS. The van der Waals surface area contributed by atoms with Gasteiger partial charge in [0.25, 0.3) is 0 Å². The molecule has 0 aromatic carbocycles. The van der Waals surface area contributed by atoms with Crippen molar-refractivity contribution in [3.63, 3.8) is 0 Å². The molecule has 16 heavy (non-hydrogen) atoms. The monoisotopic (exact) mass is 234 g/mol. The van der Waals surface area contributed by atoms with Crippen LogP contribution in [-0.2, 0) is 19.9 Å². The van der Waals surface area contributed by atoms with Crippen LogP contribution in [0.2, 0.25) is 0 Å². The van der Waals surface area contributed by atoms with Crippen molar-refractivity contribution in [2.45, 2.75) is 19.8 Å². The molecule has 0 unspecified atom stereocenters. The lowest BCUT2D eigenvalue weighted by atomic mass is 10.1. The number of rotatable bonds is 4. The largest absolute Gasteiger partial charge is 0.292 e. The molecule has 0 aliphatic rings. The summed E-state index contributed by atoms with van der Waals surface area (Å²) >= 11 is 1.61. The molecule has 0 aliphatic heterocycles. The van der Waals surface area contributed by atoms with Gasteiger partial charge in [-0.05, 0) is 23.9 Å². The second-order valence-electron chi connectivity index (χ2n) is 3.68. The van der Waals surface area contributed by atoms with Crippen molar-refractivity contribution in [3.8, 4) is 0 Å². The fraction of sp³-hybridized carbons (Fsp3) is 0.333. The topological polar surface area (TPSA) is 34.9 Å². The van der Waals surface area contributed by atoms with Gasteiger partial charge in [0.1, 0.15) is 5.69 Å². The maximum absolute atomic E-state index is 12.0. The molecule has 0 amide bonds. The normalized spacial score (nSPS) is 10.6. The molecule has 0 aliphatic carbocycles. The Morgan fingerprint density at radius 1 is 1.56 bits per heavy atom. The van der Waals surface area contributed by atoms with Crippen LogP contribution in [0.15, 0.2) is 23.6 Å². The molecule has 0 atom stereocenters. The van der Waals surface area contributed by atoms with Gasteiger partial charge < -0.3 is 0 Å². The number of ketones is 1. The van der Waals surface area contributed by atoms with E-state index in [0.29, 0.717) is 12.1 Å². The summed E-state index contributed by atoms with van der Waals surface area (Å²) in [6.07, 6.45) is 1.33. The van der Waals surface area contributed by atoms with Crippen molar-refractivity contribution >= 4 is 17.1 Å². The Labute approximate surface area is 98.7 Å². The molecule has 2 heterocycles. The van der Waals surface area contributed by atoms with E-state index in [-0.39, 0.29) is 5.78 Å². The Morgan fingerprint density at radius 3 is 2.94 bits per heavy atom. The summed E-state index contributed by atoms with van der Waals surface area (Å²) in [7, 11) is 1.82. The van der Waals surface area contributed by atoms with Gasteiger partial charge in [0.05, 0.1) is 5.69 Å². The van der Waals surface area contributed by atoms with E-state index in [1.807, 2.05) is 37.6 Å². The summed E-state index contributed by atoms with van der Waals surface area (Å²) in [6.45, 7) is 2.04. The Morgan fingerprint density at radius 2 is 2.38 bits per heavy atom. The number of thiophene rings is 1. The standard InChI is InChI=1S/C12H14N2OS/c1-3-9-7-11(14(2)13-9)12(15)8-10-5-4-6-16-10/h4-7H,3,8H2,1-2H3. The van der Waals surface area contributed by atoms with E-state index in [4.69, 9.17) is 0 Å². The predicted octanol–water partition coefficient (Wildman–Crippen LogP) is 2.47. The first-order valence-electron chi connectivity index (χ1n) is 5.29. The minimum Gasteiger partial charge on any atom is -0.292 e. The van der Waals surface area contributed by atoms with Crippen LogP contribution in [0.3, 0.4) is 0 Å². The zero-order valence-electron chi connectivity index (χ0n) is 9.43. The number of nitrogens with zero attached hydrogens (tertiary/aromatic N) is 2. The quantitative estimate of drug-likeness (QED) is 0.762. The van der Waals surface area contributed by atoms with E-state index in [0.717, 1.165) is 17.0 Å². The van der Waals surface area contributed by atoms with Crippen molar-refractivity contribution in [2.75, 3.05) is 0 Å². The molecule has 0 radical (unpaired) electrons. The minimum atomic E-state index is 0.136. The number of Topliss-reactive ketones (excluding diaryl/α,β-unsaturated/α-hetero) is 1. The molecular weight excluding hydrogens is 220 g/mol. The van der Waals surface area contributed by atoms with Crippen molar-refractivity contribution in [2.24, 2.45) is 7.05 Å². The molecule has 3 nitrogen and oxygen atoms in total. The van der Waals surface area contributed by atoms with Crippen molar-refractivity contribution in [1.82, 2.24) is 9.78 Å². The number of carbonyl (C=O) groups excluding carboxylic acids is 1. The van der Waals surface area contributed by atoms with Gasteiger partial charge in [0, 0.05) is 18.3 Å². The van der Waals surface area contributed by atoms with Crippen LogP contribution in [0.4, 0.5) is 0 Å². The molecule has 4 heteroatoms. The van der Waals surface area contributed by atoms with Crippen molar-refractivity contribution in [3.05, 3.63) is 39.8 Å². The molecule has 0 spiro atoms. The van der Waals surface area contributed by atoms with E-state index < -0.39 is 0 Å². The van der Waals surface area contributed by atoms with Gasteiger partial charge in [-0.1, -0.05) is 13.0 Å². The van der Waals surface area contributed by atoms with Gasteiger partial charge in [-0.2, -0.15) is 5.10 Å². The van der Waals surface area contributed by atoms with Crippen LogP contribution in [0.25, 0.3) is 0 Å². The van der Waals surface area contributed by atoms with Crippen LogP contribution in [0.5, 0.6) is 0 Å². The molecule has 2 aromatic heterocycles. The Kier molecular flexibility index (Phi) is 3.19. The minimum absolute atomic E-state index is 0.136. The lowest BCUT2D eigenvalue weighted by Crippen LogP contribution is -2.08. The lowest BCUT2D eigenvalue weighted by molar-refractivity contribution is 0.0985. The third kappa shape index (κ3) is 2.22. The SMILES string of the molecule is CCc1cc(C(=O)Cc2cccs2)n(C)n1. The van der Waals surface area contributed by atoms with Gasteiger partial charge in [-0.3, -0.25) is 9.48 Å². The van der Waals surface area contributed by atoms with Crippen LogP contribution < -0.4 is 0 Å². The van der Waals surface area contributed by atoms with Gasteiger partial charge in [-0.25, -0.2) is 0 Å². The van der Waals surface area contributed by atoms with Crippen LogP contribution in [0, 0.1) is 0 Å². The van der Waals surface area contributed by atoms with Crippen LogP contribution >= 0.6 is 11.3 Å². The van der Waals surface area contributed by atoms with E-state index in [1.165, 1.54) is 0 Å². The average Bonchev–Trinajstić information content (AvgIpc) is 2.87. The van der Waals surface area contributed by atoms with Gasteiger partial charge in [0.2, 0.25) is 0 Å². The lowest BCUT2D eigenvalue weighted by Gasteiger charge is -1.98. The van der Waals surface area contributed by atoms with Crippen LogP contribution in [-0.4, -0.2) is 15.6 Å². The van der Waals surface area contributed by atoms with E-state index in [1.54, 1.807) is 16.0 Å². The van der Waals surface area contributed by atoms with Crippen LogP contribution in [0.1, 0.15) is 28.0 Å². The Hall–Kier alpha value is -1.42. The summed E-state index contributed by atoms with van der Waals surface area (Å²) in [5.41, 5.74) is 1.67. The second kappa shape index (κ2) is 4.61. The second-order valence-corrected chi connectivity index (χ2v) is 4.71. The molecule has 2 aromatic rings. The van der Waals surface area contributed by atoms with Crippen molar-refractivity contribution < 1.29 is 4.79 Å². The molecule has 0 saturated carbocycles. The number of carbonyl (C=O) groups is 1. The first-order chi connectivity index (χ1) is 7.70. The molecule has 0 N–H and O–H groups in total. The number of hydrogen-bond acceptors (Lipinski definition) is 3. The Bertz CT molecular complexity index is 485. The maximum Gasteiger partial charge on any atom is 0.186 e. The summed E-state index contributed by atoms with van der Waals surface area (Å²) < 4.78 is 1.68. The third-order valence-electron chi connectivity index (χ3n) is 2.49. The zero-order valence-corrected chi connectivity index (χ0v) is 10.3. The molecule has 0 saturated heterocycles. The Balaban J connectivity index is 2.17. The first kappa shape index (κ1) is 11.1. The highest BCUT2D eigenvalue weighted by Gasteiger charge is 2.13. The number of hydrogen-bond donors (Lipinski definition) is 0. The van der Waals surface area contributed by atoms with E-state index in [2.05, 4.69) is 5.10 Å². The summed E-state index contributed by atoms with van der Waals surface area (Å²) in [5.74, 6) is 0.136. The summed E-state index contributed by atoms with van der Waals surface area (Å²) in [4.78, 5) is 13.1. The van der Waals surface area contributed by atoms with E-state index >= 15 is 0 Å². The molecule has 0 fully saturated rings. The van der Waals surface area contributed by atoms with Gasteiger partial charge in [0.15, 0.2) is 5.78 Å². The summed E-state index contributed by atoms with van der Waals surface area (Å²) in [5, 5.41) is 6.27. The first-order valence-corrected chi connectivity index (χ1v) is 6.17. The number of aromatic nitrogens is 2. The maximum atomic E-state index is 12.0. The fourth-order valence-corrected chi connectivity index (χ4v) is 2.33. The molecule has 84 valence electrons. The fourth-order valence-electron chi connectivity index (χ4n) is 1.62. The average molecular weight is 234 g/mol. The van der Waals surface area contributed by atoms with Crippen molar-refractivity contribution in [1.29, 1.82) is 0 Å². The summed E-state index contributed by atoms with van der Waals surface area (Å²) in [6, 6.07) is 5.84. The van der Waals surface area contributed by atoms with E-state index in [9.17, 15) is 4.79 Å². The zero-order chi connectivity index (χ0) is 11.5. The van der Waals surface area contributed by atoms with Gasteiger partial charge >= 0.3 is 0 Å². The predicted molar refractivity (Wildman–Crippen MR) is 64.9 cm³/mol. The number of aryl methyl sites for hydroxylation is 2. The smallest absolute Gasteiger partial charge is 0.186 e. The molecule has 2 rings (SSSR count). The van der Waals surface area contributed by atoms with Gasteiger partial charge in [-0.15, -0.1) is 11.3 Å². The highest BCUT2D eigenvalue weighted by atomic mass is 32.1. The molecule has 0 bridgehead atoms. The highest BCUT2D eigenvalue weighted by Crippen LogP contribution is 2.13. The highest BCUT2D eigenvalue weighted by molar-refractivity contribution is 7.10.